The molecule has 0 fully saturated rings. The molecule has 0 bridgehead atoms. The zero-order valence-electron chi connectivity index (χ0n) is 17.2. The molecule has 0 aliphatic carbocycles. The number of carbonyl (C=O) groups is 2. The number of benzene rings is 1. The van der Waals surface area contributed by atoms with Crippen LogP contribution < -0.4 is 4.90 Å². The van der Waals surface area contributed by atoms with Gasteiger partial charge in [0.05, 0.1) is 0 Å². The highest BCUT2D eigenvalue weighted by molar-refractivity contribution is 6.16. The maximum Gasteiger partial charge on any atom is 0.343 e. The molecule has 0 aliphatic rings. The molecule has 2 N–H and O–H groups in total. The van der Waals surface area contributed by atoms with E-state index in [0.29, 0.717) is 17.4 Å². The van der Waals surface area contributed by atoms with Gasteiger partial charge in [-0.25, -0.2) is 24.5 Å². The largest absolute Gasteiger partial charge is 0.477 e. The summed E-state index contributed by atoms with van der Waals surface area (Å²) >= 11 is 0. The highest BCUT2D eigenvalue weighted by Gasteiger charge is 2.16. The average molecular weight is 400 g/mol. The molecule has 0 amide bonds. The van der Waals surface area contributed by atoms with Crippen molar-refractivity contribution in [2.24, 2.45) is 11.8 Å². The first-order valence-corrected chi connectivity index (χ1v) is 9.29. The van der Waals surface area contributed by atoms with Crippen LogP contribution in [-0.2, 0) is 9.59 Å². The van der Waals surface area contributed by atoms with Gasteiger partial charge in [0.1, 0.15) is 24.6 Å². The van der Waals surface area contributed by atoms with E-state index in [1.54, 1.807) is 12.1 Å². The third-order valence-corrected chi connectivity index (χ3v) is 3.60. The molecule has 1 heterocycles. The number of hydrogen-bond donors (Lipinski definition) is 2. The Kier molecular flexibility index (Phi) is 10.0. The third-order valence-electron chi connectivity index (χ3n) is 3.60. The summed E-state index contributed by atoms with van der Waals surface area (Å²) in [6.07, 6.45) is 5.48. The summed E-state index contributed by atoms with van der Waals surface area (Å²) < 4.78 is 0. The number of aliphatic carboxylic acids is 2. The Labute approximate surface area is 171 Å². The number of anilines is 1. The quantitative estimate of drug-likeness (QED) is 0.394. The Morgan fingerprint density at radius 1 is 0.862 bits per heavy atom. The summed E-state index contributed by atoms with van der Waals surface area (Å²) in [5, 5.41) is 17.8. The van der Waals surface area contributed by atoms with Gasteiger partial charge in [0.2, 0.25) is 0 Å². The maximum atomic E-state index is 10.9. The van der Waals surface area contributed by atoms with Gasteiger partial charge in [0.15, 0.2) is 0 Å². The van der Waals surface area contributed by atoms with Crippen molar-refractivity contribution in [3.05, 3.63) is 54.4 Å². The van der Waals surface area contributed by atoms with Crippen LogP contribution in [0.4, 0.5) is 5.69 Å². The monoisotopic (exact) mass is 400 g/mol. The van der Waals surface area contributed by atoms with Crippen molar-refractivity contribution in [1.29, 1.82) is 0 Å². The predicted octanol–water partition coefficient (Wildman–Crippen LogP) is 3.23. The van der Waals surface area contributed by atoms with Crippen LogP contribution in [0.25, 0.3) is 6.08 Å². The van der Waals surface area contributed by atoms with Gasteiger partial charge in [-0.05, 0) is 35.6 Å². The molecule has 0 saturated carbocycles. The van der Waals surface area contributed by atoms with E-state index in [1.807, 2.05) is 12.1 Å². The highest BCUT2D eigenvalue weighted by Crippen LogP contribution is 2.20. The fourth-order valence-electron chi connectivity index (χ4n) is 2.53. The molecular weight excluding hydrogens is 372 g/mol. The van der Waals surface area contributed by atoms with E-state index < -0.39 is 17.5 Å². The van der Waals surface area contributed by atoms with Gasteiger partial charge in [-0.2, -0.15) is 0 Å². The first kappa shape index (κ1) is 23.7. The van der Waals surface area contributed by atoms with Crippen molar-refractivity contribution in [1.82, 2.24) is 15.0 Å². The lowest BCUT2D eigenvalue weighted by atomic mass is 10.1. The van der Waals surface area contributed by atoms with Crippen molar-refractivity contribution in [3.63, 3.8) is 0 Å². The lowest BCUT2D eigenvalue weighted by Gasteiger charge is -2.28. The Morgan fingerprint density at radius 2 is 1.28 bits per heavy atom. The van der Waals surface area contributed by atoms with Crippen molar-refractivity contribution >= 4 is 23.7 Å². The number of carboxylic acid groups (broad SMARTS) is 2. The van der Waals surface area contributed by atoms with Gasteiger partial charge in [-0.3, -0.25) is 0 Å². The standard InChI is InChI=1S/C18H25NO4.C3H3N3/c1-12(2)10-19(11-13(3)4)15-7-5-14(6-8-15)9-16(17(20)21)18(22)23;1-4-2-6-3-5-1/h5-9,12-13H,10-11H2,1-4H3,(H,20,21)(H,22,23);1-3H. The Balaban J connectivity index is 0.000000594. The summed E-state index contributed by atoms with van der Waals surface area (Å²) in [7, 11) is 0. The molecule has 8 heteroatoms. The van der Waals surface area contributed by atoms with E-state index in [-0.39, 0.29) is 0 Å². The van der Waals surface area contributed by atoms with Crippen LogP contribution in [0.1, 0.15) is 33.3 Å². The molecule has 29 heavy (non-hydrogen) atoms. The fourth-order valence-corrected chi connectivity index (χ4v) is 2.53. The topological polar surface area (TPSA) is 117 Å². The van der Waals surface area contributed by atoms with E-state index in [9.17, 15) is 9.59 Å². The molecule has 2 rings (SSSR count). The van der Waals surface area contributed by atoms with Crippen LogP contribution in [0.5, 0.6) is 0 Å². The van der Waals surface area contributed by atoms with E-state index in [2.05, 4.69) is 47.5 Å². The Bertz CT molecular complexity index is 737. The van der Waals surface area contributed by atoms with Crippen molar-refractivity contribution in [3.8, 4) is 0 Å². The average Bonchev–Trinajstić information content (AvgIpc) is 2.66. The number of hydrogen-bond acceptors (Lipinski definition) is 6. The summed E-state index contributed by atoms with van der Waals surface area (Å²) in [6, 6.07) is 7.29. The van der Waals surface area contributed by atoms with Gasteiger partial charge in [0.25, 0.3) is 0 Å². The third kappa shape index (κ3) is 9.46. The molecule has 0 radical (unpaired) electrons. The van der Waals surface area contributed by atoms with Crippen LogP contribution in [-0.4, -0.2) is 50.2 Å². The van der Waals surface area contributed by atoms with Crippen molar-refractivity contribution < 1.29 is 19.8 Å². The second-order valence-electron chi connectivity index (χ2n) is 7.25. The summed E-state index contributed by atoms with van der Waals surface area (Å²) in [6.45, 7) is 10.5. The maximum absolute atomic E-state index is 10.9. The molecule has 0 atom stereocenters. The van der Waals surface area contributed by atoms with E-state index in [0.717, 1.165) is 18.8 Å². The van der Waals surface area contributed by atoms with Crippen LogP contribution in [0.2, 0.25) is 0 Å². The molecule has 2 aromatic rings. The first-order chi connectivity index (χ1) is 13.7. The van der Waals surface area contributed by atoms with Crippen molar-refractivity contribution in [2.75, 3.05) is 18.0 Å². The molecule has 1 aromatic heterocycles. The second kappa shape index (κ2) is 12.2. The smallest absolute Gasteiger partial charge is 0.343 e. The molecule has 0 saturated heterocycles. The molecule has 0 spiro atoms. The van der Waals surface area contributed by atoms with Gasteiger partial charge >= 0.3 is 11.9 Å². The Morgan fingerprint density at radius 3 is 1.59 bits per heavy atom. The van der Waals surface area contributed by atoms with E-state index in [1.165, 1.54) is 25.1 Å². The number of rotatable bonds is 8. The Hall–Kier alpha value is -3.29. The zero-order valence-corrected chi connectivity index (χ0v) is 17.2. The molecule has 156 valence electrons. The zero-order chi connectivity index (χ0) is 21.8. The SMILES string of the molecule is CC(C)CN(CC(C)C)c1ccc(C=C(C(=O)O)C(=O)O)cc1.c1ncncn1. The van der Waals surface area contributed by atoms with E-state index in [4.69, 9.17) is 10.2 Å². The van der Waals surface area contributed by atoms with Gasteiger partial charge in [0, 0.05) is 18.8 Å². The minimum atomic E-state index is -1.44. The number of nitrogens with zero attached hydrogens (tertiary/aromatic N) is 4. The molecule has 8 nitrogen and oxygen atoms in total. The second-order valence-corrected chi connectivity index (χ2v) is 7.25. The normalized spacial score (nSPS) is 10.1. The van der Waals surface area contributed by atoms with Crippen LogP contribution in [0, 0.1) is 11.8 Å². The van der Waals surface area contributed by atoms with Gasteiger partial charge in [-0.15, -0.1) is 0 Å². The minimum absolute atomic E-state index is 0.527. The number of carboxylic acids is 2. The van der Waals surface area contributed by atoms with Crippen LogP contribution in [0.15, 0.2) is 48.8 Å². The number of aromatic nitrogens is 3. The lowest BCUT2D eigenvalue weighted by molar-refractivity contribution is -0.140. The van der Waals surface area contributed by atoms with Gasteiger partial charge in [-0.1, -0.05) is 39.8 Å². The predicted molar refractivity (Wildman–Crippen MR) is 111 cm³/mol. The van der Waals surface area contributed by atoms with Crippen LogP contribution in [0.3, 0.4) is 0 Å². The minimum Gasteiger partial charge on any atom is -0.477 e. The molecule has 1 aromatic carbocycles. The van der Waals surface area contributed by atoms with Crippen molar-refractivity contribution in [2.45, 2.75) is 27.7 Å². The molecule has 0 aliphatic heterocycles. The molecule has 0 unspecified atom stereocenters. The summed E-state index contributed by atoms with van der Waals surface area (Å²) in [5.74, 6) is -1.83. The molecular formula is C21H28N4O4. The fraction of sp³-hybridized carbons (Fsp3) is 0.381. The summed E-state index contributed by atoms with van der Waals surface area (Å²) in [4.78, 5) is 34.8. The highest BCUT2D eigenvalue weighted by atomic mass is 16.4. The lowest BCUT2D eigenvalue weighted by Crippen LogP contribution is -2.31. The summed E-state index contributed by atoms with van der Waals surface area (Å²) in [5.41, 5.74) is 0.971. The van der Waals surface area contributed by atoms with Crippen LogP contribution >= 0.6 is 0 Å². The first-order valence-electron chi connectivity index (χ1n) is 9.29. The van der Waals surface area contributed by atoms with Gasteiger partial charge < -0.3 is 15.1 Å². The van der Waals surface area contributed by atoms with E-state index >= 15 is 0 Å².